The van der Waals surface area contributed by atoms with E-state index in [0.29, 0.717) is 19.0 Å². The smallest absolute Gasteiger partial charge is 0.220 e. The first-order valence-corrected chi connectivity index (χ1v) is 9.30. The van der Waals surface area contributed by atoms with Crippen molar-refractivity contribution in [1.29, 1.82) is 0 Å². The van der Waals surface area contributed by atoms with Crippen LogP contribution >= 0.6 is 24.0 Å². The third-order valence-corrected chi connectivity index (χ3v) is 4.33. The quantitative estimate of drug-likeness (QED) is 0.235. The van der Waals surface area contributed by atoms with Gasteiger partial charge in [0.15, 0.2) is 5.96 Å². The van der Waals surface area contributed by atoms with Gasteiger partial charge in [-0.25, -0.2) is 4.99 Å². The number of fused-ring (bicyclic) bond motifs is 1. The molecule has 26 heavy (non-hydrogen) atoms. The lowest BCUT2D eigenvalue weighted by molar-refractivity contribution is -0.121. The molecular formula is C19H29IN4O2. The van der Waals surface area contributed by atoms with Crippen LogP contribution in [0.5, 0.6) is 5.75 Å². The highest BCUT2D eigenvalue weighted by molar-refractivity contribution is 14.0. The second kappa shape index (κ2) is 10.6. The molecule has 0 bridgehead atoms. The number of amides is 1. The fourth-order valence-electron chi connectivity index (χ4n) is 2.87. The number of guanidine groups is 1. The lowest BCUT2D eigenvalue weighted by atomic mass is 10.1. The van der Waals surface area contributed by atoms with Gasteiger partial charge in [0, 0.05) is 32.0 Å². The van der Waals surface area contributed by atoms with Crippen LogP contribution in [0, 0.1) is 0 Å². The lowest BCUT2D eigenvalue weighted by Crippen LogP contribution is -2.39. The van der Waals surface area contributed by atoms with Gasteiger partial charge in [-0.05, 0) is 37.8 Å². The number of nitrogens with one attached hydrogen (secondary N) is 3. The van der Waals surface area contributed by atoms with Gasteiger partial charge in [-0.2, -0.15) is 0 Å². The Bertz CT molecular complexity index is 594. The van der Waals surface area contributed by atoms with Crippen molar-refractivity contribution in [1.82, 2.24) is 16.0 Å². The molecule has 1 atom stereocenters. The van der Waals surface area contributed by atoms with E-state index in [4.69, 9.17) is 4.74 Å². The van der Waals surface area contributed by atoms with Crippen molar-refractivity contribution in [3.8, 4) is 5.75 Å². The van der Waals surface area contributed by atoms with Crippen LogP contribution < -0.4 is 20.7 Å². The van der Waals surface area contributed by atoms with E-state index in [-0.39, 0.29) is 36.0 Å². The summed E-state index contributed by atoms with van der Waals surface area (Å²) in [6.07, 6.45) is 4.62. The molecule has 1 saturated carbocycles. The summed E-state index contributed by atoms with van der Waals surface area (Å²) in [7, 11) is 0. The largest absolute Gasteiger partial charge is 0.488 e. The highest BCUT2D eigenvalue weighted by atomic mass is 127. The lowest BCUT2D eigenvalue weighted by Gasteiger charge is -2.13. The number of carbonyl (C=O) groups is 1. The van der Waals surface area contributed by atoms with Crippen molar-refractivity contribution < 1.29 is 9.53 Å². The highest BCUT2D eigenvalue weighted by Crippen LogP contribution is 2.28. The van der Waals surface area contributed by atoms with E-state index >= 15 is 0 Å². The Balaban J connectivity index is 0.00000243. The number of para-hydroxylation sites is 1. The van der Waals surface area contributed by atoms with Gasteiger partial charge in [-0.1, -0.05) is 18.2 Å². The fraction of sp³-hybridized carbons (Fsp3) is 0.579. The topological polar surface area (TPSA) is 74.8 Å². The second-order valence-electron chi connectivity index (χ2n) is 6.64. The Hall–Kier alpha value is -1.51. The first kappa shape index (κ1) is 20.8. The maximum atomic E-state index is 11.7. The van der Waals surface area contributed by atoms with Crippen molar-refractivity contribution >= 4 is 35.8 Å². The van der Waals surface area contributed by atoms with Crippen LogP contribution in [0.3, 0.4) is 0 Å². The first-order valence-electron chi connectivity index (χ1n) is 9.30. The highest BCUT2D eigenvalue weighted by Gasteiger charge is 2.23. The first-order chi connectivity index (χ1) is 12.2. The molecule has 0 aromatic heterocycles. The zero-order valence-electron chi connectivity index (χ0n) is 15.3. The summed E-state index contributed by atoms with van der Waals surface area (Å²) in [4.78, 5) is 16.3. The molecule has 1 aliphatic carbocycles. The van der Waals surface area contributed by atoms with Gasteiger partial charge in [-0.3, -0.25) is 4.79 Å². The van der Waals surface area contributed by atoms with E-state index in [1.165, 1.54) is 5.56 Å². The van der Waals surface area contributed by atoms with Crippen molar-refractivity contribution in [2.24, 2.45) is 4.99 Å². The summed E-state index contributed by atoms with van der Waals surface area (Å²) in [6.45, 7) is 4.20. The minimum atomic E-state index is 0. The summed E-state index contributed by atoms with van der Waals surface area (Å²) in [5.41, 5.74) is 1.25. The van der Waals surface area contributed by atoms with E-state index in [0.717, 1.165) is 50.5 Å². The van der Waals surface area contributed by atoms with Gasteiger partial charge >= 0.3 is 0 Å². The maximum Gasteiger partial charge on any atom is 0.220 e. The van der Waals surface area contributed by atoms with Gasteiger partial charge < -0.3 is 20.7 Å². The molecule has 1 aliphatic heterocycles. The number of halogens is 1. The molecule has 3 rings (SSSR count). The molecule has 1 heterocycles. The fourth-order valence-corrected chi connectivity index (χ4v) is 2.87. The van der Waals surface area contributed by atoms with Crippen LogP contribution in [0.25, 0.3) is 0 Å². The summed E-state index contributed by atoms with van der Waals surface area (Å²) in [5, 5.41) is 9.54. The van der Waals surface area contributed by atoms with Crippen molar-refractivity contribution in [3.05, 3.63) is 29.8 Å². The SMILES string of the molecule is CCNC(=NCC1Cc2ccccc2O1)NCCCC(=O)NC1CC1.I. The molecule has 0 spiro atoms. The van der Waals surface area contributed by atoms with E-state index in [2.05, 4.69) is 27.0 Å². The van der Waals surface area contributed by atoms with Gasteiger partial charge in [0.1, 0.15) is 11.9 Å². The number of nitrogens with zero attached hydrogens (tertiary/aromatic N) is 1. The zero-order valence-corrected chi connectivity index (χ0v) is 17.6. The van der Waals surface area contributed by atoms with Crippen molar-refractivity contribution in [2.75, 3.05) is 19.6 Å². The summed E-state index contributed by atoms with van der Waals surface area (Å²) in [6, 6.07) is 8.59. The molecule has 144 valence electrons. The van der Waals surface area contributed by atoms with Gasteiger partial charge in [0.2, 0.25) is 5.91 Å². The van der Waals surface area contributed by atoms with Gasteiger partial charge in [0.05, 0.1) is 6.54 Å². The van der Waals surface area contributed by atoms with Crippen LogP contribution in [0.2, 0.25) is 0 Å². The molecule has 0 radical (unpaired) electrons. The molecule has 0 saturated heterocycles. The maximum absolute atomic E-state index is 11.7. The minimum absolute atomic E-state index is 0. The Kier molecular flexibility index (Phi) is 8.47. The summed E-state index contributed by atoms with van der Waals surface area (Å²) in [5.74, 6) is 1.91. The van der Waals surface area contributed by atoms with Gasteiger partial charge in [0.25, 0.3) is 0 Å². The number of aliphatic imine (C=N–C) groups is 1. The van der Waals surface area contributed by atoms with E-state index in [9.17, 15) is 4.79 Å². The summed E-state index contributed by atoms with van der Waals surface area (Å²) >= 11 is 0. The standard InChI is InChI=1S/C19H28N4O2.HI/c1-2-20-19(21-11-5-8-18(24)23-15-9-10-15)22-13-16-12-14-6-3-4-7-17(14)25-16;/h3-4,6-7,15-16H,2,5,8-13H2,1H3,(H,23,24)(H2,20,21,22);1H. The Labute approximate surface area is 172 Å². The molecule has 1 amide bonds. The van der Waals surface area contributed by atoms with Crippen LogP contribution in [0.4, 0.5) is 0 Å². The number of carbonyl (C=O) groups excluding carboxylic acids is 1. The molecule has 1 unspecified atom stereocenters. The van der Waals surface area contributed by atoms with Crippen molar-refractivity contribution in [3.63, 3.8) is 0 Å². The van der Waals surface area contributed by atoms with E-state index < -0.39 is 0 Å². The predicted octanol–water partition coefficient (Wildman–Crippen LogP) is 2.22. The third kappa shape index (κ3) is 6.66. The van der Waals surface area contributed by atoms with Crippen LogP contribution in [-0.2, 0) is 11.2 Å². The second-order valence-corrected chi connectivity index (χ2v) is 6.64. The Morgan fingerprint density at radius 1 is 1.27 bits per heavy atom. The molecule has 1 fully saturated rings. The molecular weight excluding hydrogens is 443 g/mol. The minimum Gasteiger partial charge on any atom is -0.488 e. The number of rotatable bonds is 8. The van der Waals surface area contributed by atoms with E-state index in [1.807, 2.05) is 25.1 Å². The van der Waals surface area contributed by atoms with E-state index in [1.54, 1.807) is 0 Å². The third-order valence-electron chi connectivity index (χ3n) is 4.33. The molecule has 6 nitrogen and oxygen atoms in total. The van der Waals surface area contributed by atoms with Crippen LogP contribution in [-0.4, -0.2) is 43.6 Å². The molecule has 2 aliphatic rings. The molecule has 3 N–H and O–H groups in total. The Morgan fingerprint density at radius 3 is 2.81 bits per heavy atom. The number of ether oxygens (including phenoxy) is 1. The van der Waals surface area contributed by atoms with Crippen LogP contribution in [0.1, 0.15) is 38.2 Å². The predicted molar refractivity (Wildman–Crippen MR) is 114 cm³/mol. The number of hydrogen-bond donors (Lipinski definition) is 3. The molecule has 1 aromatic rings. The average Bonchev–Trinajstić information content (AvgIpc) is 3.32. The number of hydrogen-bond acceptors (Lipinski definition) is 3. The Morgan fingerprint density at radius 2 is 2.08 bits per heavy atom. The van der Waals surface area contributed by atoms with Gasteiger partial charge in [-0.15, -0.1) is 24.0 Å². The van der Waals surface area contributed by atoms with Crippen molar-refractivity contribution in [2.45, 2.75) is 51.2 Å². The molecule has 1 aromatic carbocycles. The normalized spacial score (nSPS) is 18.3. The number of benzene rings is 1. The summed E-state index contributed by atoms with van der Waals surface area (Å²) < 4.78 is 5.92. The zero-order chi connectivity index (χ0) is 17.5. The van der Waals surface area contributed by atoms with Crippen LogP contribution in [0.15, 0.2) is 29.3 Å². The average molecular weight is 472 g/mol. The molecule has 7 heteroatoms. The monoisotopic (exact) mass is 472 g/mol.